The molecule has 1 fully saturated rings. The van der Waals surface area contributed by atoms with Crippen LogP contribution in [0.5, 0.6) is 5.75 Å². The van der Waals surface area contributed by atoms with Gasteiger partial charge in [0.05, 0.1) is 7.11 Å². The summed E-state index contributed by atoms with van der Waals surface area (Å²) < 4.78 is 5.14. The first-order chi connectivity index (χ1) is 11.7. The van der Waals surface area contributed by atoms with Gasteiger partial charge in [0.2, 0.25) is 5.91 Å². The fourth-order valence-corrected chi connectivity index (χ4v) is 2.81. The zero-order valence-electron chi connectivity index (χ0n) is 15.0. The lowest BCUT2D eigenvalue weighted by atomic mass is 10.2. The first kappa shape index (κ1) is 21.5. The Morgan fingerprint density at radius 2 is 1.88 bits per heavy atom. The van der Waals surface area contributed by atoms with E-state index in [1.807, 2.05) is 24.3 Å². The second-order valence-corrected chi connectivity index (χ2v) is 6.00. The number of guanidine groups is 1. The van der Waals surface area contributed by atoms with Crippen LogP contribution in [0.3, 0.4) is 0 Å². The van der Waals surface area contributed by atoms with E-state index in [0.717, 1.165) is 24.2 Å². The van der Waals surface area contributed by atoms with E-state index in [1.54, 1.807) is 14.2 Å². The third-order valence-electron chi connectivity index (χ3n) is 4.21. The Labute approximate surface area is 167 Å². The summed E-state index contributed by atoms with van der Waals surface area (Å²) in [6.45, 7) is 1.23. The van der Waals surface area contributed by atoms with Crippen molar-refractivity contribution in [2.75, 3.05) is 20.7 Å². The molecule has 1 aliphatic rings. The van der Waals surface area contributed by atoms with Crippen molar-refractivity contribution < 1.29 is 9.53 Å². The summed E-state index contributed by atoms with van der Waals surface area (Å²) in [5, 5.41) is 9.50. The number of hydrogen-bond donors (Lipinski definition) is 3. The molecule has 0 spiro atoms. The number of halogens is 1. The number of nitrogens with one attached hydrogen (secondary N) is 3. The summed E-state index contributed by atoms with van der Waals surface area (Å²) in [6.07, 6.45) is 5.14. The maximum absolute atomic E-state index is 11.9. The van der Waals surface area contributed by atoms with Crippen LogP contribution in [-0.2, 0) is 11.3 Å². The minimum Gasteiger partial charge on any atom is -0.497 e. The molecule has 3 N–H and O–H groups in total. The largest absolute Gasteiger partial charge is 0.497 e. The van der Waals surface area contributed by atoms with Crippen LogP contribution in [0.2, 0.25) is 0 Å². The molecule has 1 aromatic carbocycles. The molecule has 0 bridgehead atoms. The lowest BCUT2D eigenvalue weighted by Gasteiger charge is -2.14. The Morgan fingerprint density at radius 1 is 1.20 bits per heavy atom. The molecule has 25 heavy (non-hydrogen) atoms. The maximum Gasteiger partial charge on any atom is 0.221 e. The van der Waals surface area contributed by atoms with E-state index in [-0.39, 0.29) is 29.9 Å². The zero-order chi connectivity index (χ0) is 17.2. The Hall–Kier alpha value is -1.51. The van der Waals surface area contributed by atoms with Gasteiger partial charge in [0.25, 0.3) is 0 Å². The molecule has 0 aromatic heterocycles. The molecule has 1 aliphatic carbocycles. The number of benzene rings is 1. The van der Waals surface area contributed by atoms with E-state index in [0.29, 0.717) is 31.5 Å². The molecule has 2 rings (SSSR count). The van der Waals surface area contributed by atoms with Crippen LogP contribution in [0.4, 0.5) is 0 Å². The smallest absolute Gasteiger partial charge is 0.221 e. The summed E-state index contributed by atoms with van der Waals surface area (Å²) in [7, 11) is 3.38. The number of nitrogens with zero attached hydrogens (tertiary/aromatic N) is 1. The Kier molecular flexibility index (Phi) is 10.3. The monoisotopic (exact) mass is 460 g/mol. The number of carbonyl (C=O) groups excluding carboxylic acids is 1. The van der Waals surface area contributed by atoms with Crippen LogP contribution in [0, 0.1) is 0 Å². The second-order valence-electron chi connectivity index (χ2n) is 6.00. The fraction of sp³-hybridized carbons (Fsp3) is 0.556. The zero-order valence-corrected chi connectivity index (χ0v) is 17.3. The number of carbonyl (C=O) groups is 1. The molecule has 0 radical (unpaired) electrons. The topological polar surface area (TPSA) is 74.8 Å². The average molecular weight is 460 g/mol. The Bertz CT molecular complexity index is 543. The van der Waals surface area contributed by atoms with Crippen molar-refractivity contribution >= 4 is 35.8 Å². The number of ether oxygens (including phenoxy) is 1. The van der Waals surface area contributed by atoms with Crippen LogP contribution in [-0.4, -0.2) is 38.6 Å². The predicted octanol–water partition coefficient (Wildman–Crippen LogP) is 2.43. The summed E-state index contributed by atoms with van der Waals surface area (Å²) in [4.78, 5) is 16.1. The first-order valence-corrected chi connectivity index (χ1v) is 8.58. The molecule has 0 unspecified atom stereocenters. The van der Waals surface area contributed by atoms with Crippen LogP contribution in [0.25, 0.3) is 0 Å². The highest BCUT2D eigenvalue weighted by molar-refractivity contribution is 14.0. The number of amides is 1. The van der Waals surface area contributed by atoms with Gasteiger partial charge in [-0.1, -0.05) is 25.0 Å². The summed E-state index contributed by atoms with van der Waals surface area (Å²) >= 11 is 0. The van der Waals surface area contributed by atoms with Crippen molar-refractivity contribution in [3.8, 4) is 5.75 Å². The van der Waals surface area contributed by atoms with Gasteiger partial charge in [-0.05, 0) is 30.5 Å². The van der Waals surface area contributed by atoms with Gasteiger partial charge in [0.1, 0.15) is 5.75 Å². The van der Waals surface area contributed by atoms with Crippen LogP contribution >= 0.6 is 24.0 Å². The highest BCUT2D eigenvalue weighted by Crippen LogP contribution is 2.17. The van der Waals surface area contributed by atoms with Crippen molar-refractivity contribution in [1.29, 1.82) is 0 Å². The third kappa shape index (κ3) is 7.94. The third-order valence-corrected chi connectivity index (χ3v) is 4.21. The molecular formula is C18H29IN4O2. The number of methoxy groups -OCH3 is 1. The summed E-state index contributed by atoms with van der Waals surface area (Å²) in [5.41, 5.74) is 1.14. The van der Waals surface area contributed by atoms with E-state index >= 15 is 0 Å². The molecule has 1 aromatic rings. The van der Waals surface area contributed by atoms with Crippen molar-refractivity contribution in [3.63, 3.8) is 0 Å². The summed E-state index contributed by atoms with van der Waals surface area (Å²) in [5.74, 6) is 1.65. The minimum atomic E-state index is 0. The molecule has 0 atom stereocenters. The summed E-state index contributed by atoms with van der Waals surface area (Å²) in [6, 6.07) is 8.26. The van der Waals surface area contributed by atoms with Crippen molar-refractivity contribution in [3.05, 3.63) is 29.8 Å². The number of hydrogen-bond acceptors (Lipinski definition) is 3. The van der Waals surface area contributed by atoms with Gasteiger partial charge in [-0.2, -0.15) is 0 Å². The van der Waals surface area contributed by atoms with Crippen molar-refractivity contribution in [1.82, 2.24) is 16.0 Å². The highest BCUT2D eigenvalue weighted by Gasteiger charge is 2.16. The molecule has 7 heteroatoms. The van der Waals surface area contributed by atoms with Gasteiger partial charge in [0.15, 0.2) is 5.96 Å². The van der Waals surface area contributed by atoms with Gasteiger partial charge in [0, 0.05) is 32.6 Å². The van der Waals surface area contributed by atoms with Crippen molar-refractivity contribution in [2.45, 2.75) is 44.7 Å². The molecule has 0 aliphatic heterocycles. The van der Waals surface area contributed by atoms with E-state index in [2.05, 4.69) is 20.9 Å². The molecular weight excluding hydrogens is 431 g/mol. The second kappa shape index (κ2) is 11.9. The van der Waals surface area contributed by atoms with Crippen molar-refractivity contribution in [2.24, 2.45) is 4.99 Å². The predicted molar refractivity (Wildman–Crippen MR) is 112 cm³/mol. The molecule has 1 saturated carbocycles. The highest BCUT2D eigenvalue weighted by atomic mass is 127. The molecule has 0 heterocycles. The minimum absolute atomic E-state index is 0. The lowest BCUT2D eigenvalue weighted by molar-refractivity contribution is -0.121. The molecule has 140 valence electrons. The van der Waals surface area contributed by atoms with Gasteiger partial charge >= 0.3 is 0 Å². The lowest BCUT2D eigenvalue weighted by Crippen LogP contribution is -2.40. The number of aliphatic imine (C=N–C) groups is 1. The van der Waals surface area contributed by atoms with Crippen LogP contribution in [0.15, 0.2) is 29.3 Å². The fourth-order valence-electron chi connectivity index (χ4n) is 2.81. The van der Waals surface area contributed by atoms with E-state index < -0.39 is 0 Å². The van der Waals surface area contributed by atoms with E-state index in [9.17, 15) is 4.79 Å². The molecule has 6 nitrogen and oxygen atoms in total. The quantitative estimate of drug-likeness (QED) is 0.332. The first-order valence-electron chi connectivity index (χ1n) is 8.58. The SMILES string of the molecule is CN=C(NCCC(=O)NC1CCCC1)NCc1ccc(OC)cc1.I. The van der Waals surface area contributed by atoms with Gasteiger partial charge in [-0.3, -0.25) is 9.79 Å². The van der Waals surface area contributed by atoms with E-state index in [4.69, 9.17) is 4.74 Å². The van der Waals surface area contributed by atoms with E-state index in [1.165, 1.54) is 12.8 Å². The molecule has 0 saturated heterocycles. The van der Waals surface area contributed by atoms with Gasteiger partial charge in [-0.15, -0.1) is 24.0 Å². The number of rotatable bonds is 7. The van der Waals surface area contributed by atoms with Gasteiger partial charge < -0.3 is 20.7 Å². The Balaban J connectivity index is 0.00000312. The van der Waals surface area contributed by atoms with Crippen LogP contribution in [0.1, 0.15) is 37.7 Å². The molecule has 1 amide bonds. The normalized spacial score (nSPS) is 14.6. The standard InChI is InChI=1S/C18H28N4O2.HI/c1-19-18(21-13-14-7-9-16(24-2)10-8-14)20-12-11-17(23)22-15-5-3-4-6-15;/h7-10,15H,3-6,11-13H2,1-2H3,(H,22,23)(H2,19,20,21);1H. The average Bonchev–Trinajstić information content (AvgIpc) is 3.11. The maximum atomic E-state index is 11.9. The van der Waals surface area contributed by atoms with Gasteiger partial charge in [-0.25, -0.2) is 0 Å². The van der Waals surface area contributed by atoms with Crippen LogP contribution < -0.4 is 20.7 Å². The Morgan fingerprint density at radius 3 is 2.48 bits per heavy atom.